The summed E-state index contributed by atoms with van der Waals surface area (Å²) >= 11 is 0. The van der Waals surface area contributed by atoms with E-state index in [9.17, 15) is 9.13 Å². The zero-order valence-corrected chi connectivity index (χ0v) is 10.1. The summed E-state index contributed by atoms with van der Waals surface area (Å²) in [6.07, 6.45) is 0.787. The molecule has 0 aromatic heterocycles. The summed E-state index contributed by atoms with van der Waals surface area (Å²) in [6, 6.07) is -0.611. The Morgan fingerprint density at radius 3 is 1.80 bits per heavy atom. The molecule has 0 bridgehead atoms. The molecule has 6 N–H and O–H groups in total. The topological polar surface area (TPSA) is 141 Å². The van der Waals surface area contributed by atoms with Gasteiger partial charge in [0.15, 0.2) is 5.40 Å². The normalized spacial score (nSPS) is 15.7. The lowest BCUT2D eigenvalue weighted by Crippen LogP contribution is -2.26. The molecule has 0 amide bonds. The van der Waals surface area contributed by atoms with Gasteiger partial charge >= 0.3 is 15.2 Å². The molecule has 0 fully saturated rings. The second-order valence-electron chi connectivity index (χ2n) is 3.44. The average molecular weight is 261 g/mol. The molecule has 92 valence electrons. The number of rotatable bonds is 6. The molecule has 0 aromatic carbocycles. The molecule has 0 aromatic rings. The van der Waals surface area contributed by atoms with Crippen molar-refractivity contribution in [2.45, 2.75) is 37.6 Å². The highest BCUT2D eigenvalue weighted by molar-refractivity contribution is 7.70. The predicted octanol–water partition coefficient (Wildman–Crippen LogP) is 0.185. The first-order valence-electron chi connectivity index (χ1n) is 4.45. The van der Waals surface area contributed by atoms with Crippen molar-refractivity contribution in [1.29, 1.82) is 0 Å². The Kier molecular flexibility index (Phi) is 5.64. The van der Waals surface area contributed by atoms with Gasteiger partial charge in [-0.15, -0.1) is 0 Å². The van der Waals surface area contributed by atoms with Crippen molar-refractivity contribution >= 4 is 15.2 Å². The molecule has 15 heavy (non-hydrogen) atoms. The largest absolute Gasteiger partial charge is 0.340 e. The molecule has 0 saturated carbocycles. The molecule has 0 heterocycles. The van der Waals surface area contributed by atoms with Crippen molar-refractivity contribution < 1.29 is 28.7 Å². The van der Waals surface area contributed by atoms with Crippen LogP contribution in [0.25, 0.3) is 0 Å². The van der Waals surface area contributed by atoms with Gasteiger partial charge in [-0.25, -0.2) is 0 Å². The molecule has 0 aliphatic carbocycles. The Hall–Kier alpha value is 0.260. The standard InChI is InChI=1S/C6H17NO6P2/c1-2-3-5(7)4-6(14(8,9)10)15(11,12)13/h5-6H,2-4,7H2,1H3,(H2,8,9,10)(H2,11,12,13). The van der Waals surface area contributed by atoms with Gasteiger partial charge in [0, 0.05) is 6.04 Å². The summed E-state index contributed by atoms with van der Waals surface area (Å²) in [6.45, 7) is 1.82. The molecule has 9 heteroatoms. The summed E-state index contributed by atoms with van der Waals surface area (Å²) in [5.41, 5.74) is 5.49. The predicted molar refractivity (Wildman–Crippen MR) is 55.4 cm³/mol. The smallest absolute Gasteiger partial charge is 0.328 e. The Bertz CT molecular complexity index is 261. The van der Waals surface area contributed by atoms with Crippen LogP contribution in [0, 0.1) is 0 Å². The van der Waals surface area contributed by atoms with E-state index in [-0.39, 0.29) is 6.42 Å². The van der Waals surface area contributed by atoms with Crippen molar-refractivity contribution in [3.63, 3.8) is 0 Å². The van der Waals surface area contributed by atoms with Crippen LogP contribution in [-0.2, 0) is 9.13 Å². The van der Waals surface area contributed by atoms with Crippen LogP contribution in [-0.4, -0.2) is 31.0 Å². The van der Waals surface area contributed by atoms with Gasteiger partial charge < -0.3 is 25.3 Å². The second kappa shape index (κ2) is 5.55. The van der Waals surface area contributed by atoms with E-state index in [1.54, 1.807) is 0 Å². The molecule has 0 aliphatic rings. The fraction of sp³-hybridized carbons (Fsp3) is 1.00. The summed E-state index contributed by atoms with van der Waals surface area (Å²) in [5.74, 6) is 0. The van der Waals surface area contributed by atoms with Gasteiger partial charge in [-0.1, -0.05) is 13.3 Å². The SMILES string of the molecule is CCCC(N)CC(P(=O)(O)O)P(=O)(O)O. The first kappa shape index (κ1) is 15.3. The number of hydrogen-bond acceptors (Lipinski definition) is 3. The molecule has 7 nitrogen and oxygen atoms in total. The highest BCUT2D eigenvalue weighted by Crippen LogP contribution is 2.61. The minimum atomic E-state index is -4.82. The van der Waals surface area contributed by atoms with Crippen LogP contribution in [0.2, 0.25) is 0 Å². The lowest BCUT2D eigenvalue weighted by molar-refractivity contribution is 0.330. The van der Waals surface area contributed by atoms with E-state index >= 15 is 0 Å². The lowest BCUT2D eigenvalue weighted by Gasteiger charge is -2.22. The molecule has 0 radical (unpaired) electrons. The van der Waals surface area contributed by atoms with Crippen LogP contribution in [0.5, 0.6) is 0 Å². The summed E-state index contributed by atoms with van der Waals surface area (Å²) in [4.78, 5) is 35.2. The average Bonchev–Trinajstić information content (AvgIpc) is 1.96. The third-order valence-electron chi connectivity index (χ3n) is 1.95. The van der Waals surface area contributed by atoms with Crippen LogP contribution in [0.15, 0.2) is 0 Å². The van der Waals surface area contributed by atoms with E-state index in [0.717, 1.165) is 0 Å². The molecule has 0 aliphatic heterocycles. The van der Waals surface area contributed by atoms with Crippen LogP contribution in [0.4, 0.5) is 0 Å². The van der Waals surface area contributed by atoms with Crippen LogP contribution < -0.4 is 5.73 Å². The molecule has 0 saturated heterocycles. The first-order valence-corrected chi connectivity index (χ1v) is 7.81. The van der Waals surface area contributed by atoms with E-state index in [0.29, 0.717) is 12.8 Å². The summed E-state index contributed by atoms with van der Waals surface area (Å²) in [5, 5.41) is -1.98. The Morgan fingerprint density at radius 1 is 1.13 bits per heavy atom. The summed E-state index contributed by atoms with van der Waals surface area (Å²) < 4.78 is 21.7. The van der Waals surface area contributed by atoms with E-state index in [4.69, 9.17) is 25.3 Å². The van der Waals surface area contributed by atoms with Crippen molar-refractivity contribution in [2.75, 3.05) is 0 Å². The molecule has 0 spiro atoms. The van der Waals surface area contributed by atoms with E-state index in [1.165, 1.54) is 0 Å². The van der Waals surface area contributed by atoms with E-state index in [2.05, 4.69) is 0 Å². The first-order chi connectivity index (χ1) is 6.59. The van der Waals surface area contributed by atoms with Crippen LogP contribution >= 0.6 is 15.2 Å². The van der Waals surface area contributed by atoms with E-state index in [1.807, 2.05) is 6.92 Å². The van der Waals surface area contributed by atoms with Gasteiger partial charge in [0.1, 0.15) is 0 Å². The van der Waals surface area contributed by atoms with Crippen LogP contribution in [0.1, 0.15) is 26.2 Å². The van der Waals surface area contributed by atoms with Gasteiger partial charge in [0.2, 0.25) is 0 Å². The maximum absolute atomic E-state index is 10.9. The summed E-state index contributed by atoms with van der Waals surface area (Å²) in [7, 11) is -9.64. The van der Waals surface area contributed by atoms with Crippen molar-refractivity contribution in [3.8, 4) is 0 Å². The zero-order chi connectivity index (χ0) is 12.3. The monoisotopic (exact) mass is 261 g/mol. The molecule has 0 rings (SSSR count). The van der Waals surface area contributed by atoms with Crippen molar-refractivity contribution in [3.05, 3.63) is 0 Å². The third kappa shape index (κ3) is 5.78. The molecular weight excluding hydrogens is 244 g/mol. The minimum Gasteiger partial charge on any atom is -0.328 e. The van der Waals surface area contributed by atoms with Gasteiger partial charge in [-0.05, 0) is 12.8 Å². The molecular formula is C6H17NO6P2. The lowest BCUT2D eigenvalue weighted by atomic mass is 10.1. The van der Waals surface area contributed by atoms with Crippen molar-refractivity contribution in [1.82, 2.24) is 0 Å². The highest BCUT2D eigenvalue weighted by Gasteiger charge is 2.43. The fourth-order valence-electron chi connectivity index (χ4n) is 1.23. The van der Waals surface area contributed by atoms with Crippen LogP contribution in [0.3, 0.4) is 0 Å². The van der Waals surface area contributed by atoms with Crippen molar-refractivity contribution in [2.24, 2.45) is 5.73 Å². The Balaban J connectivity index is 4.70. The third-order valence-corrected chi connectivity index (χ3v) is 5.73. The highest BCUT2D eigenvalue weighted by atomic mass is 31.2. The van der Waals surface area contributed by atoms with E-state index < -0.39 is 26.6 Å². The molecule has 1 unspecified atom stereocenters. The quantitative estimate of drug-likeness (QED) is 0.429. The maximum Gasteiger partial charge on any atom is 0.340 e. The number of hydrogen-bond donors (Lipinski definition) is 5. The van der Waals surface area contributed by atoms with Gasteiger partial charge in [-0.2, -0.15) is 0 Å². The Morgan fingerprint density at radius 2 is 1.53 bits per heavy atom. The minimum absolute atomic E-state index is 0.373. The second-order valence-corrected chi connectivity index (χ2v) is 7.45. The maximum atomic E-state index is 10.9. The molecule has 1 atom stereocenters. The Labute approximate surface area is 88.0 Å². The van der Waals surface area contributed by atoms with Gasteiger partial charge in [-0.3, -0.25) is 9.13 Å². The van der Waals surface area contributed by atoms with Gasteiger partial charge in [0.05, 0.1) is 0 Å². The fourth-order valence-corrected chi connectivity index (χ4v) is 3.89. The van der Waals surface area contributed by atoms with Gasteiger partial charge in [0.25, 0.3) is 0 Å². The zero-order valence-electron chi connectivity index (χ0n) is 8.35. The number of nitrogens with two attached hydrogens (primary N) is 1.